The zero-order chi connectivity index (χ0) is 28.2. The fourth-order valence-electron chi connectivity index (χ4n) is 3.50. The van der Waals surface area contributed by atoms with Gasteiger partial charge in [0.25, 0.3) is 5.91 Å². The smallest absolute Gasteiger partial charge is 0.331 e. The lowest BCUT2D eigenvalue weighted by molar-refractivity contribution is -0.170. The van der Waals surface area contributed by atoms with Crippen molar-refractivity contribution in [1.29, 1.82) is 0 Å². The molecule has 2 heterocycles. The molecule has 12 nitrogen and oxygen atoms in total. The fourth-order valence-corrected chi connectivity index (χ4v) is 3.50. The number of hydrogen-bond acceptors (Lipinski definition) is 11. The van der Waals surface area contributed by atoms with Gasteiger partial charge in [-0.2, -0.15) is 0 Å². The van der Waals surface area contributed by atoms with Crippen LogP contribution in [0.15, 0.2) is 12.3 Å². The lowest BCUT2D eigenvalue weighted by Crippen LogP contribution is -2.47. The number of esters is 2. The van der Waals surface area contributed by atoms with Crippen LogP contribution >= 0.6 is 0 Å². The molecule has 214 valence electrons. The number of nitrogens with zero attached hydrogens (tertiary/aromatic N) is 1. The summed E-state index contributed by atoms with van der Waals surface area (Å²) < 4.78 is 39.1. The highest BCUT2D eigenvalue weighted by Crippen LogP contribution is 2.29. The van der Waals surface area contributed by atoms with Gasteiger partial charge in [0.15, 0.2) is 23.2 Å². The Morgan fingerprint density at radius 3 is 2.45 bits per heavy atom. The molecule has 0 spiro atoms. The molecular formula is C26H40N2O10. The second kappa shape index (κ2) is 15.5. The zero-order valence-electron chi connectivity index (χ0n) is 23.2. The van der Waals surface area contributed by atoms with Gasteiger partial charge in [-0.3, -0.25) is 9.59 Å². The average Bonchev–Trinajstić information content (AvgIpc) is 2.89. The van der Waals surface area contributed by atoms with Crippen molar-refractivity contribution in [3.8, 4) is 11.5 Å². The second-order valence-electron chi connectivity index (χ2n) is 9.75. The molecule has 1 aromatic heterocycles. The number of hydrogen-bond donors (Lipinski definition) is 1. The Kier molecular flexibility index (Phi) is 12.7. The van der Waals surface area contributed by atoms with Crippen molar-refractivity contribution in [2.24, 2.45) is 11.8 Å². The Morgan fingerprint density at radius 2 is 1.82 bits per heavy atom. The molecule has 4 unspecified atom stereocenters. The summed E-state index contributed by atoms with van der Waals surface area (Å²) in [5.41, 5.74) is -0.173. The molecule has 0 aromatic carbocycles. The van der Waals surface area contributed by atoms with Crippen LogP contribution in [0.25, 0.3) is 0 Å². The Bertz CT molecular complexity index is 923. The molecule has 1 amide bonds. The van der Waals surface area contributed by atoms with Gasteiger partial charge < -0.3 is 38.5 Å². The average molecular weight is 541 g/mol. The summed E-state index contributed by atoms with van der Waals surface area (Å²) in [5, 5.41) is 2.60. The Hall–Kier alpha value is -2.96. The van der Waals surface area contributed by atoms with E-state index in [4.69, 9.17) is 33.2 Å². The van der Waals surface area contributed by atoms with Gasteiger partial charge in [-0.1, -0.05) is 27.7 Å². The van der Waals surface area contributed by atoms with E-state index in [0.717, 1.165) is 0 Å². The summed E-state index contributed by atoms with van der Waals surface area (Å²) in [6.45, 7) is 11.5. The van der Waals surface area contributed by atoms with E-state index in [1.807, 2.05) is 27.7 Å². The summed E-state index contributed by atoms with van der Waals surface area (Å²) in [5.74, 6) is -1.32. The molecule has 38 heavy (non-hydrogen) atoms. The number of ether oxygens (including phenoxy) is 7. The van der Waals surface area contributed by atoms with Crippen LogP contribution < -0.4 is 14.8 Å². The largest absolute Gasteiger partial charge is 0.493 e. The third-order valence-electron chi connectivity index (χ3n) is 5.32. The minimum Gasteiger partial charge on any atom is -0.493 e. The quantitative estimate of drug-likeness (QED) is 0.308. The summed E-state index contributed by atoms with van der Waals surface area (Å²) >= 11 is 0. The van der Waals surface area contributed by atoms with Crippen LogP contribution in [-0.2, 0) is 33.3 Å². The van der Waals surface area contributed by atoms with Gasteiger partial charge in [0, 0.05) is 32.4 Å². The monoisotopic (exact) mass is 540 g/mol. The molecular weight excluding hydrogens is 500 g/mol. The number of cyclic esters (lactones) is 1. The number of pyridine rings is 1. The molecule has 1 fully saturated rings. The molecule has 1 aliphatic rings. The van der Waals surface area contributed by atoms with E-state index in [-0.39, 0.29) is 42.2 Å². The third kappa shape index (κ3) is 9.73. The van der Waals surface area contributed by atoms with E-state index < -0.39 is 49.0 Å². The van der Waals surface area contributed by atoms with E-state index in [1.54, 1.807) is 6.92 Å². The van der Waals surface area contributed by atoms with Crippen LogP contribution in [0.3, 0.4) is 0 Å². The molecule has 1 N–H and O–H groups in total. The molecule has 1 aromatic rings. The van der Waals surface area contributed by atoms with Crippen molar-refractivity contribution in [2.45, 2.75) is 65.9 Å². The number of carbonyl (C=O) groups is 3. The maximum atomic E-state index is 13.2. The lowest BCUT2D eigenvalue weighted by Gasteiger charge is -2.31. The first-order chi connectivity index (χ1) is 18.0. The number of methoxy groups -OCH3 is 1. The Balaban J connectivity index is 2.21. The SMILES string of the molecule is COc1ccnc(C(=O)NC2COCC(OCC(C)C)C(OCC(C)C)C(C)OC2=O)c1OCOC(C)=O. The topological polar surface area (TPSA) is 141 Å². The Labute approximate surface area is 223 Å². The minimum atomic E-state index is -1.14. The van der Waals surface area contributed by atoms with Gasteiger partial charge in [-0.05, 0) is 18.8 Å². The Morgan fingerprint density at radius 1 is 1.13 bits per heavy atom. The minimum absolute atomic E-state index is 0.0521. The predicted molar refractivity (Wildman–Crippen MR) is 135 cm³/mol. The van der Waals surface area contributed by atoms with Crippen molar-refractivity contribution < 1.29 is 47.5 Å². The molecule has 0 aliphatic carbocycles. The summed E-state index contributed by atoms with van der Waals surface area (Å²) in [6, 6.07) is 0.335. The van der Waals surface area contributed by atoms with Crippen molar-refractivity contribution >= 4 is 17.8 Å². The maximum absolute atomic E-state index is 13.2. The van der Waals surface area contributed by atoms with Crippen molar-refractivity contribution in [3.63, 3.8) is 0 Å². The first kappa shape index (κ1) is 31.3. The maximum Gasteiger partial charge on any atom is 0.331 e. The first-order valence-electron chi connectivity index (χ1n) is 12.6. The molecule has 0 saturated carbocycles. The van der Waals surface area contributed by atoms with E-state index in [0.29, 0.717) is 13.2 Å². The van der Waals surface area contributed by atoms with Crippen molar-refractivity contribution in [3.05, 3.63) is 18.0 Å². The van der Waals surface area contributed by atoms with Crippen LogP contribution in [0, 0.1) is 11.8 Å². The fraction of sp³-hybridized carbons (Fsp3) is 0.692. The van der Waals surface area contributed by atoms with Crippen LogP contribution in [0.1, 0.15) is 52.0 Å². The lowest BCUT2D eigenvalue weighted by atomic mass is 10.1. The zero-order valence-corrected chi connectivity index (χ0v) is 23.2. The van der Waals surface area contributed by atoms with Gasteiger partial charge >= 0.3 is 11.9 Å². The molecule has 4 atom stereocenters. The predicted octanol–water partition coefficient (Wildman–Crippen LogP) is 2.13. The summed E-state index contributed by atoms with van der Waals surface area (Å²) in [6.07, 6.45) is -0.359. The molecule has 1 aliphatic heterocycles. The van der Waals surface area contributed by atoms with E-state index in [1.165, 1.54) is 26.3 Å². The second-order valence-corrected chi connectivity index (χ2v) is 9.75. The molecule has 1 saturated heterocycles. The van der Waals surface area contributed by atoms with Gasteiger partial charge in [0.1, 0.15) is 18.3 Å². The highest BCUT2D eigenvalue weighted by Gasteiger charge is 2.37. The van der Waals surface area contributed by atoms with E-state index >= 15 is 0 Å². The van der Waals surface area contributed by atoms with Gasteiger partial charge in [-0.15, -0.1) is 0 Å². The van der Waals surface area contributed by atoms with Crippen LogP contribution in [-0.4, -0.2) is 87.5 Å². The van der Waals surface area contributed by atoms with Gasteiger partial charge in [0.05, 0.1) is 20.3 Å². The number of amides is 1. The van der Waals surface area contributed by atoms with Gasteiger partial charge in [0.2, 0.25) is 6.79 Å². The molecule has 0 radical (unpaired) electrons. The molecule has 12 heteroatoms. The third-order valence-corrected chi connectivity index (χ3v) is 5.32. The number of nitrogens with one attached hydrogen (secondary N) is 1. The summed E-state index contributed by atoms with van der Waals surface area (Å²) in [7, 11) is 1.39. The standard InChI is InChI=1S/C26H40N2O10/c1-15(2)10-34-21-13-33-12-19(26(31)38-17(5)23(21)35-11-16(3)4)28-25(30)22-24(37-14-36-18(6)29)20(32-7)8-9-27-22/h8-9,15-17,19,21,23H,10-14H2,1-7H3,(H,28,30). The highest BCUT2D eigenvalue weighted by atomic mass is 16.7. The van der Waals surface area contributed by atoms with Crippen molar-refractivity contribution in [1.82, 2.24) is 10.3 Å². The molecule has 0 bridgehead atoms. The van der Waals surface area contributed by atoms with Crippen molar-refractivity contribution in [2.75, 3.05) is 40.3 Å². The van der Waals surface area contributed by atoms with Gasteiger partial charge in [-0.25, -0.2) is 9.78 Å². The van der Waals surface area contributed by atoms with E-state index in [2.05, 4.69) is 10.3 Å². The number of aromatic nitrogens is 1. The number of rotatable bonds is 12. The highest BCUT2D eigenvalue weighted by molar-refractivity contribution is 5.98. The van der Waals surface area contributed by atoms with Crippen LogP contribution in [0.5, 0.6) is 11.5 Å². The van der Waals surface area contributed by atoms with E-state index in [9.17, 15) is 14.4 Å². The molecule has 2 rings (SSSR count). The normalized spacial score (nSPS) is 22.2. The number of carbonyl (C=O) groups excluding carboxylic acids is 3. The summed E-state index contributed by atoms with van der Waals surface area (Å²) in [4.78, 5) is 41.4. The first-order valence-corrected chi connectivity index (χ1v) is 12.6. The van der Waals surface area contributed by atoms with Crippen LogP contribution in [0.2, 0.25) is 0 Å². The van der Waals surface area contributed by atoms with Crippen LogP contribution in [0.4, 0.5) is 0 Å².